The number of nitrogens with zero attached hydrogens (tertiary/aromatic N) is 1. The Morgan fingerprint density at radius 2 is 2.06 bits per heavy atom. The van der Waals surface area contributed by atoms with Gasteiger partial charge in [0.1, 0.15) is 0 Å². The highest BCUT2D eigenvalue weighted by Gasteiger charge is 2.27. The molecule has 0 saturated carbocycles. The fourth-order valence-corrected chi connectivity index (χ4v) is 6.61. The minimum Gasteiger partial charge on any atom is -0.452 e. The third kappa shape index (κ3) is 5.03. The van der Waals surface area contributed by atoms with Gasteiger partial charge < -0.3 is 14.8 Å². The SMILES string of the molecule is CC1CCc2c(C(=O)OCC(=O)Nc3cccc(S(=O)(=O)N4CCOCC4)c3)csc2C1. The molecule has 1 aliphatic carbocycles. The zero-order chi connectivity index (χ0) is 22.7. The first-order valence-corrected chi connectivity index (χ1v) is 12.9. The van der Waals surface area contributed by atoms with E-state index in [1.807, 2.05) is 5.38 Å². The lowest BCUT2D eigenvalue weighted by atomic mass is 9.88. The summed E-state index contributed by atoms with van der Waals surface area (Å²) in [5.41, 5.74) is 1.91. The van der Waals surface area contributed by atoms with Crippen molar-refractivity contribution in [3.05, 3.63) is 45.6 Å². The van der Waals surface area contributed by atoms with E-state index >= 15 is 0 Å². The largest absolute Gasteiger partial charge is 0.452 e. The van der Waals surface area contributed by atoms with E-state index in [1.165, 1.54) is 21.3 Å². The number of rotatable bonds is 6. The number of ether oxygens (including phenoxy) is 2. The minimum absolute atomic E-state index is 0.0910. The molecule has 0 radical (unpaired) electrons. The van der Waals surface area contributed by atoms with Gasteiger partial charge in [0.05, 0.1) is 23.7 Å². The van der Waals surface area contributed by atoms with Gasteiger partial charge in [-0.1, -0.05) is 13.0 Å². The van der Waals surface area contributed by atoms with Crippen LogP contribution in [-0.2, 0) is 37.1 Å². The molecule has 1 aromatic heterocycles. The maximum atomic E-state index is 12.8. The van der Waals surface area contributed by atoms with Gasteiger partial charge in [0.2, 0.25) is 10.0 Å². The summed E-state index contributed by atoms with van der Waals surface area (Å²) >= 11 is 1.57. The van der Waals surface area contributed by atoms with Gasteiger partial charge in [-0.05, 0) is 48.9 Å². The molecule has 32 heavy (non-hydrogen) atoms. The fraction of sp³-hybridized carbons (Fsp3) is 0.455. The van der Waals surface area contributed by atoms with Crippen molar-refractivity contribution in [2.24, 2.45) is 5.92 Å². The molecule has 1 unspecified atom stereocenters. The highest BCUT2D eigenvalue weighted by atomic mass is 32.2. The minimum atomic E-state index is -3.67. The number of amides is 1. The second-order valence-electron chi connectivity index (χ2n) is 8.07. The number of carbonyl (C=O) groups excluding carboxylic acids is 2. The number of anilines is 1. The first-order valence-electron chi connectivity index (χ1n) is 10.6. The van der Waals surface area contributed by atoms with E-state index in [9.17, 15) is 18.0 Å². The highest BCUT2D eigenvalue weighted by molar-refractivity contribution is 7.89. The average molecular weight is 479 g/mol. The lowest BCUT2D eigenvalue weighted by Gasteiger charge is -2.26. The number of sulfonamides is 1. The first-order chi connectivity index (χ1) is 15.3. The van der Waals surface area contributed by atoms with Crippen molar-refractivity contribution in [1.82, 2.24) is 4.31 Å². The molecule has 172 valence electrons. The summed E-state index contributed by atoms with van der Waals surface area (Å²) < 4.78 is 37.4. The van der Waals surface area contributed by atoms with Gasteiger partial charge in [-0.25, -0.2) is 13.2 Å². The van der Waals surface area contributed by atoms with Crippen molar-refractivity contribution >= 4 is 38.9 Å². The van der Waals surface area contributed by atoms with Gasteiger partial charge in [0, 0.05) is 29.0 Å². The Morgan fingerprint density at radius 1 is 1.28 bits per heavy atom. The van der Waals surface area contributed by atoms with E-state index < -0.39 is 28.5 Å². The van der Waals surface area contributed by atoms with Crippen molar-refractivity contribution < 1.29 is 27.5 Å². The Morgan fingerprint density at radius 3 is 2.84 bits per heavy atom. The van der Waals surface area contributed by atoms with Crippen LogP contribution in [0.15, 0.2) is 34.5 Å². The number of thiophene rings is 1. The number of morpholine rings is 1. The Hall–Kier alpha value is -2.27. The summed E-state index contributed by atoms with van der Waals surface area (Å²) in [5.74, 6) is -0.425. The van der Waals surface area contributed by atoms with E-state index in [-0.39, 0.29) is 4.90 Å². The predicted molar refractivity (Wildman–Crippen MR) is 120 cm³/mol. The van der Waals surface area contributed by atoms with Crippen LogP contribution in [0, 0.1) is 5.92 Å². The van der Waals surface area contributed by atoms with Crippen LogP contribution in [0.25, 0.3) is 0 Å². The second kappa shape index (κ2) is 9.70. The molecule has 1 aromatic carbocycles. The van der Waals surface area contributed by atoms with Crippen molar-refractivity contribution in [2.45, 2.75) is 31.1 Å². The van der Waals surface area contributed by atoms with Crippen LogP contribution in [-0.4, -0.2) is 57.5 Å². The van der Waals surface area contributed by atoms with Gasteiger partial charge in [0.25, 0.3) is 5.91 Å². The predicted octanol–water partition coefficient (Wildman–Crippen LogP) is 2.69. The Balaban J connectivity index is 1.36. The van der Waals surface area contributed by atoms with Crippen LogP contribution in [0.3, 0.4) is 0 Å². The van der Waals surface area contributed by atoms with Crippen molar-refractivity contribution in [3.63, 3.8) is 0 Å². The standard InChI is InChI=1S/C22H26N2O6S2/c1-15-5-6-18-19(14-31-20(18)11-15)22(26)30-13-21(25)23-16-3-2-4-17(12-16)32(27,28)24-7-9-29-10-8-24/h2-4,12,14-15H,5-11,13H2,1H3,(H,23,25). The number of carbonyl (C=O) groups is 2. The maximum Gasteiger partial charge on any atom is 0.339 e. The molecule has 4 rings (SSSR count). The molecule has 0 bridgehead atoms. The molecule has 1 fully saturated rings. The molecule has 2 aromatic rings. The Kier molecular flexibility index (Phi) is 6.94. The summed E-state index contributed by atoms with van der Waals surface area (Å²) in [6, 6.07) is 6.05. The Labute approximate surface area is 191 Å². The van der Waals surface area contributed by atoms with Crippen molar-refractivity contribution in [1.29, 1.82) is 0 Å². The molecule has 1 atom stereocenters. The summed E-state index contributed by atoms with van der Waals surface area (Å²) in [4.78, 5) is 26.1. The first kappa shape index (κ1) is 22.9. The van der Waals surface area contributed by atoms with Crippen LogP contribution in [0.2, 0.25) is 0 Å². The maximum absolute atomic E-state index is 12.8. The van der Waals surface area contributed by atoms with Gasteiger partial charge in [0.15, 0.2) is 6.61 Å². The summed E-state index contributed by atoms with van der Waals surface area (Å²) in [6.45, 7) is 3.05. The number of benzene rings is 1. The molecule has 1 N–H and O–H groups in total. The monoisotopic (exact) mass is 478 g/mol. The zero-order valence-corrected chi connectivity index (χ0v) is 19.5. The summed E-state index contributed by atoms with van der Waals surface area (Å²) in [6.07, 6.45) is 2.85. The van der Waals surface area contributed by atoms with Gasteiger partial charge in [-0.2, -0.15) is 4.31 Å². The van der Waals surface area contributed by atoms with Crippen LogP contribution in [0.5, 0.6) is 0 Å². The normalized spacial score (nSPS) is 19.2. The molecule has 8 nitrogen and oxygen atoms in total. The van der Waals surface area contributed by atoms with E-state index in [2.05, 4.69) is 12.2 Å². The van der Waals surface area contributed by atoms with Gasteiger partial charge in [-0.3, -0.25) is 4.79 Å². The van der Waals surface area contributed by atoms with Crippen LogP contribution in [0.1, 0.15) is 34.1 Å². The molecule has 10 heteroatoms. The number of hydrogen-bond acceptors (Lipinski definition) is 7. The number of fused-ring (bicyclic) bond motifs is 1. The lowest BCUT2D eigenvalue weighted by molar-refractivity contribution is -0.119. The number of nitrogens with one attached hydrogen (secondary N) is 1. The molecule has 1 amide bonds. The van der Waals surface area contributed by atoms with Gasteiger partial charge in [-0.15, -0.1) is 11.3 Å². The molecule has 2 aliphatic rings. The van der Waals surface area contributed by atoms with E-state index in [0.29, 0.717) is 43.5 Å². The molecule has 1 aliphatic heterocycles. The topological polar surface area (TPSA) is 102 Å². The second-order valence-corrected chi connectivity index (χ2v) is 11.0. The van der Waals surface area contributed by atoms with E-state index in [4.69, 9.17) is 9.47 Å². The number of esters is 1. The van der Waals surface area contributed by atoms with E-state index in [0.717, 1.165) is 24.8 Å². The van der Waals surface area contributed by atoms with Gasteiger partial charge >= 0.3 is 5.97 Å². The van der Waals surface area contributed by atoms with Crippen molar-refractivity contribution in [3.8, 4) is 0 Å². The number of hydrogen-bond donors (Lipinski definition) is 1. The fourth-order valence-electron chi connectivity index (χ4n) is 3.92. The third-order valence-electron chi connectivity index (χ3n) is 5.68. The van der Waals surface area contributed by atoms with E-state index in [1.54, 1.807) is 23.5 Å². The zero-order valence-electron chi connectivity index (χ0n) is 17.8. The van der Waals surface area contributed by atoms with Crippen LogP contribution >= 0.6 is 11.3 Å². The smallest absolute Gasteiger partial charge is 0.339 e. The Bertz CT molecular complexity index is 1110. The third-order valence-corrected chi connectivity index (χ3v) is 8.63. The lowest BCUT2D eigenvalue weighted by Crippen LogP contribution is -2.40. The molecule has 0 spiro atoms. The van der Waals surface area contributed by atoms with Crippen LogP contribution in [0.4, 0.5) is 5.69 Å². The quantitative estimate of drug-likeness (QED) is 0.641. The summed E-state index contributed by atoms with van der Waals surface area (Å²) in [5, 5.41) is 4.41. The highest BCUT2D eigenvalue weighted by Crippen LogP contribution is 2.33. The molecule has 1 saturated heterocycles. The summed E-state index contributed by atoms with van der Waals surface area (Å²) in [7, 11) is -3.67. The molecular weight excluding hydrogens is 452 g/mol. The molecule has 2 heterocycles. The van der Waals surface area contributed by atoms with Crippen molar-refractivity contribution in [2.75, 3.05) is 38.2 Å². The van der Waals surface area contributed by atoms with Crippen LogP contribution < -0.4 is 5.32 Å². The molecular formula is C22H26N2O6S2. The average Bonchev–Trinajstić information content (AvgIpc) is 3.21.